The number of nitrogens with one attached hydrogen (secondary N) is 2. The van der Waals surface area contributed by atoms with Crippen LogP contribution in [0.1, 0.15) is 12.8 Å². The molecule has 0 radical (unpaired) electrons. The van der Waals surface area contributed by atoms with Crippen LogP contribution in [0.5, 0.6) is 0 Å². The van der Waals surface area contributed by atoms with Crippen LogP contribution in [0.2, 0.25) is 0 Å². The minimum Gasteiger partial charge on any atom is -0.449 e. The molecule has 4 N–H and O–H groups in total. The van der Waals surface area contributed by atoms with Crippen molar-refractivity contribution in [2.45, 2.75) is 12.8 Å². The highest BCUT2D eigenvalue weighted by atomic mass is 16.5. The standard InChI is InChI=1S/C16H28N4O4/c1-18-15(22)12-7-4-6-11(14(17)21)13(12)10-24-16(23)19-8-5-9-20(2)3/h4,6,11-13H,5,7-10H2,1-3H3,(H2,17,21)(H,18,22)(H,19,23). The molecule has 1 aliphatic carbocycles. The fraction of sp³-hybridized carbons (Fsp3) is 0.688. The van der Waals surface area contributed by atoms with Crippen molar-refractivity contribution < 1.29 is 19.1 Å². The van der Waals surface area contributed by atoms with E-state index in [-0.39, 0.29) is 12.5 Å². The SMILES string of the molecule is CNC(=O)C1CC=CC(C(N)=O)C1COC(=O)NCCCN(C)C. The van der Waals surface area contributed by atoms with Crippen molar-refractivity contribution >= 4 is 17.9 Å². The smallest absolute Gasteiger partial charge is 0.407 e. The molecule has 3 unspecified atom stereocenters. The first-order valence-corrected chi connectivity index (χ1v) is 8.09. The lowest BCUT2D eigenvalue weighted by Gasteiger charge is -2.31. The molecule has 0 saturated heterocycles. The third kappa shape index (κ3) is 6.19. The first-order valence-electron chi connectivity index (χ1n) is 8.09. The zero-order valence-electron chi connectivity index (χ0n) is 14.6. The predicted molar refractivity (Wildman–Crippen MR) is 90.0 cm³/mol. The Kier molecular flexibility index (Phi) is 8.25. The van der Waals surface area contributed by atoms with Crippen LogP contribution in [0.4, 0.5) is 4.79 Å². The Hall–Kier alpha value is -2.09. The maximum absolute atomic E-state index is 12.0. The van der Waals surface area contributed by atoms with E-state index in [1.165, 1.54) is 7.05 Å². The minimum atomic E-state index is -0.623. The fourth-order valence-electron chi connectivity index (χ4n) is 2.76. The number of hydrogen-bond acceptors (Lipinski definition) is 5. The molecule has 0 spiro atoms. The van der Waals surface area contributed by atoms with E-state index in [9.17, 15) is 14.4 Å². The molecule has 0 aromatic carbocycles. The van der Waals surface area contributed by atoms with Crippen LogP contribution < -0.4 is 16.4 Å². The summed E-state index contributed by atoms with van der Waals surface area (Å²) in [5.41, 5.74) is 5.41. The number of nitrogens with two attached hydrogens (primary N) is 1. The Labute approximate surface area is 142 Å². The molecular weight excluding hydrogens is 312 g/mol. The predicted octanol–water partition coefficient (Wildman–Crippen LogP) is -0.296. The number of primary amides is 1. The molecule has 0 heterocycles. The fourth-order valence-corrected chi connectivity index (χ4v) is 2.76. The molecule has 3 atom stereocenters. The summed E-state index contributed by atoms with van der Waals surface area (Å²) >= 11 is 0. The monoisotopic (exact) mass is 340 g/mol. The second kappa shape index (κ2) is 9.92. The lowest BCUT2D eigenvalue weighted by molar-refractivity contribution is -0.130. The van der Waals surface area contributed by atoms with Crippen molar-refractivity contribution in [2.75, 3.05) is 40.8 Å². The normalized spacial score (nSPS) is 22.9. The van der Waals surface area contributed by atoms with Crippen molar-refractivity contribution in [3.05, 3.63) is 12.2 Å². The van der Waals surface area contributed by atoms with E-state index < -0.39 is 29.8 Å². The molecule has 8 nitrogen and oxygen atoms in total. The van der Waals surface area contributed by atoms with Crippen molar-refractivity contribution in [1.29, 1.82) is 0 Å². The number of ether oxygens (including phenoxy) is 1. The summed E-state index contributed by atoms with van der Waals surface area (Å²) in [5, 5.41) is 5.24. The second-order valence-electron chi connectivity index (χ2n) is 6.16. The molecule has 136 valence electrons. The largest absolute Gasteiger partial charge is 0.449 e. The third-order valence-corrected chi connectivity index (χ3v) is 4.08. The number of hydrogen-bond donors (Lipinski definition) is 3. The summed E-state index contributed by atoms with van der Waals surface area (Å²) in [5.74, 6) is -2.24. The number of rotatable bonds is 8. The van der Waals surface area contributed by atoms with E-state index in [1.54, 1.807) is 12.2 Å². The van der Waals surface area contributed by atoms with E-state index in [4.69, 9.17) is 10.5 Å². The molecule has 24 heavy (non-hydrogen) atoms. The van der Waals surface area contributed by atoms with Gasteiger partial charge in [-0.2, -0.15) is 0 Å². The Balaban J connectivity index is 2.56. The van der Waals surface area contributed by atoms with E-state index >= 15 is 0 Å². The molecule has 1 rings (SSSR count). The van der Waals surface area contributed by atoms with Crippen LogP contribution in [0.15, 0.2) is 12.2 Å². The Morgan fingerprint density at radius 2 is 2.04 bits per heavy atom. The summed E-state index contributed by atoms with van der Waals surface area (Å²) in [6.07, 6.45) is 4.20. The van der Waals surface area contributed by atoms with E-state index in [2.05, 4.69) is 10.6 Å². The summed E-state index contributed by atoms with van der Waals surface area (Å²) in [4.78, 5) is 37.4. The summed E-state index contributed by atoms with van der Waals surface area (Å²) in [6.45, 7) is 1.32. The number of alkyl carbamates (subject to hydrolysis) is 1. The molecule has 1 aliphatic rings. The lowest BCUT2D eigenvalue weighted by atomic mass is 9.75. The molecule has 0 aromatic heterocycles. The number of allylic oxidation sites excluding steroid dienone is 1. The molecule has 0 aromatic rings. The molecule has 0 aliphatic heterocycles. The van der Waals surface area contributed by atoms with Crippen LogP contribution in [-0.2, 0) is 14.3 Å². The second-order valence-corrected chi connectivity index (χ2v) is 6.16. The molecule has 0 fully saturated rings. The molecule has 0 bridgehead atoms. The van der Waals surface area contributed by atoms with Gasteiger partial charge in [-0.05, 0) is 33.5 Å². The van der Waals surface area contributed by atoms with Gasteiger partial charge < -0.3 is 26.0 Å². The van der Waals surface area contributed by atoms with Crippen LogP contribution in [0, 0.1) is 17.8 Å². The zero-order chi connectivity index (χ0) is 18.1. The Bertz CT molecular complexity index is 479. The van der Waals surface area contributed by atoms with Gasteiger partial charge in [-0.3, -0.25) is 9.59 Å². The van der Waals surface area contributed by atoms with Gasteiger partial charge in [0.05, 0.1) is 12.5 Å². The van der Waals surface area contributed by atoms with Gasteiger partial charge in [-0.15, -0.1) is 0 Å². The molecular formula is C16H28N4O4. The molecule has 0 saturated carbocycles. The first-order chi connectivity index (χ1) is 11.4. The van der Waals surface area contributed by atoms with Gasteiger partial charge >= 0.3 is 6.09 Å². The number of nitrogens with zero attached hydrogens (tertiary/aromatic N) is 1. The Morgan fingerprint density at radius 3 is 2.62 bits per heavy atom. The summed E-state index contributed by atoms with van der Waals surface area (Å²) < 4.78 is 5.21. The highest BCUT2D eigenvalue weighted by Crippen LogP contribution is 2.31. The van der Waals surface area contributed by atoms with Gasteiger partial charge in [0.1, 0.15) is 0 Å². The summed E-state index contributed by atoms with van der Waals surface area (Å²) in [7, 11) is 5.45. The topological polar surface area (TPSA) is 114 Å². The van der Waals surface area contributed by atoms with E-state index in [1.807, 2.05) is 19.0 Å². The van der Waals surface area contributed by atoms with Crippen molar-refractivity contribution in [1.82, 2.24) is 15.5 Å². The minimum absolute atomic E-state index is 0.0322. The van der Waals surface area contributed by atoms with Crippen LogP contribution in [-0.4, -0.2) is 63.6 Å². The highest BCUT2D eigenvalue weighted by molar-refractivity contribution is 5.83. The van der Waals surface area contributed by atoms with Gasteiger partial charge in [0.15, 0.2) is 0 Å². The van der Waals surface area contributed by atoms with E-state index in [0.717, 1.165) is 13.0 Å². The quantitative estimate of drug-likeness (QED) is 0.415. The van der Waals surface area contributed by atoms with Gasteiger partial charge in [-0.1, -0.05) is 12.2 Å². The average Bonchev–Trinajstić information content (AvgIpc) is 2.55. The number of carbonyl (C=O) groups is 3. The molecule has 8 heteroatoms. The van der Waals surface area contributed by atoms with Crippen molar-refractivity contribution in [3.8, 4) is 0 Å². The lowest BCUT2D eigenvalue weighted by Crippen LogP contribution is -2.44. The maximum atomic E-state index is 12.0. The van der Waals surface area contributed by atoms with Gasteiger partial charge in [0, 0.05) is 25.4 Å². The first kappa shape index (κ1) is 20.0. The Morgan fingerprint density at radius 1 is 1.33 bits per heavy atom. The van der Waals surface area contributed by atoms with Crippen LogP contribution in [0.25, 0.3) is 0 Å². The van der Waals surface area contributed by atoms with Crippen LogP contribution in [0.3, 0.4) is 0 Å². The molecule has 3 amide bonds. The average molecular weight is 340 g/mol. The van der Waals surface area contributed by atoms with Crippen LogP contribution >= 0.6 is 0 Å². The number of amides is 3. The summed E-state index contributed by atoms with van der Waals surface area (Å²) in [6, 6.07) is 0. The third-order valence-electron chi connectivity index (χ3n) is 4.08. The maximum Gasteiger partial charge on any atom is 0.407 e. The zero-order valence-corrected chi connectivity index (χ0v) is 14.6. The van der Waals surface area contributed by atoms with Crippen molar-refractivity contribution in [3.63, 3.8) is 0 Å². The highest BCUT2D eigenvalue weighted by Gasteiger charge is 2.38. The van der Waals surface area contributed by atoms with Crippen molar-refractivity contribution in [2.24, 2.45) is 23.5 Å². The number of carbonyl (C=O) groups excluding carboxylic acids is 3. The van der Waals surface area contributed by atoms with Gasteiger partial charge in [-0.25, -0.2) is 4.79 Å². The van der Waals surface area contributed by atoms with Gasteiger partial charge in [0.25, 0.3) is 0 Å². The van der Waals surface area contributed by atoms with Gasteiger partial charge in [0.2, 0.25) is 11.8 Å². The van der Waals surface area contributed by atoms with E-state index in [0.29, 0.717) is 13.0 Å².